The van der Waals surface area contributed by atoms with Crippen molar-refractivity contribution in [1.82, 2.24) is 0 Å². The highest BCUT2D eigenvalue weighted by molar-refractivity contribution is 5.28. The summed E-state index contributed by atoms with van der Waals surface area (Å²) >= 11 is 0. The Labute approximate surface area is 112 Å². The van der Waals surface area contributed by atoms with Gasteiger partial charge in [0.05, 0.1) is 6.61 Å². The molecule has 0 radical (unpaired) electrons. The van der Waals surface area contributed by atoms with Crippen LogP contribution in [0.4, 0.5) is 0 Å². The molecular formula is C17H26O. The van der Waals surface area contributed by atoms with E-state index in [-0.39, 0.29) is 0 Å². The van der Waals surface area contributed by atoms with Crippen LogP contribution in [0, 0.1) is 0 Å². The Kier molecular flexibility index (Phi) is 8.03. The van der Waals surface area contributed by atoms with Gasteiger partial charge in [-0.25, -0.2) is 0 Å². The van der Waals surface area contributed by atoms with Crippen molar-refractivity contribution < 1.29 is 4.74 Å². The summed E-state index contributed by atoms with van der Waals surface area (Å²) in [4.78, 5) is 0. The molecule has 0 amide bonds. The van der Waals surface area contributed by atoms with Crippen molar-refractivity contribution in [2.45, 2.75) is 52.4 Å². The molecule has 1 nitrogen and oxygen atoms in total. The highest BCUT2D eigenvalue weighted by Crippen LogP contribution is 2.13. The van der Waals surface area contributed by atoms with Gasteiger partial charge in [0.25, 0.3) is 0 Å². The third kappa shape index (κ3) is 6.48. The number of ether oxygens (including phenoxy) is 1. The maximum atomic E-state index is 5.64. The summed E-state index contributed by atoms with van der Waals surface area (Å²) in [6.07, 6.45) is 11.7. The van der Waals surface area contributed by atoms with E-state index in [0.717, 1.165) is 25.2 Å². The van der Waals surface area contributed by atoms with E-state index in [4.69, 9.17) is 4.74 Å². The quantitative estimate of drug-likeness (QED) is 0.432. The van der Waals surface area contributed by atoms with Gasteiger partial charge in [-0.3, -0.25) is 0 Å². The molecule has 0 heterocycles. The lowest BCUT2D eigenvalue weighted by Crippen LogP contribution is -1.96. The largest absolute Gasteiger partial charge is 0.494 e. The Morgan fingerprint density at radius 2 is 1.67 bits per heavy atom. The molecule has 0 atom stereocenters. The van der Waals surface area contributed by atoms with Crippen LogP contribution in [0.3, 0.4) is 0 Å². The Bertz CT molecular complexity index is 324. The lowest BCUT2D eigenvalue weighted by molar-refractivity contribution is 0.309. The molecular weight excluding hydrogens is 220 g/mol. The Morgan fingerprint density at radius 1 is 0.944 bits per heavy atom. The molecule has 0 spiro atoms. The van der Waals surface area contributed by atoms with Crippen LogP contribution in [-0.4, -0.2) is 6.61 Å². The Hall–Kier alpha value is -1.24. The van der Waals surface area contributed by atoms with Gasteiger partial charge in [0, 0.05) is 0 Å². The molecule has 0 aliphatic heterocycles. The topological polar surface area (TPSA) is 9.23 Å². The van der Waals surface area contributed by atoms with E-state index in [1.165, 1.54) is 31.2 Å². The maximum Gasteiger partial charge on any atom is 0.119 e. The fraction of sp³-hybridized carbons (Fsp3) is 0.529. The summed E-state index contributed by atoms with van der Waals surface area (Å²) in [5.74, 6) is 0.988. The van der Waals surface area contributed by atoms with E-state index in [1.54, 1.807) is 0 Å². The van der Waals surface area contributed by atoms with Crippen LogP contribution in [0.25, 0.3) is 0 Å². The van der Waals surface area contributed by atoms with Gasteiger partial charge in [-0.1, -0.05) is 57.4 Å². The van der Waals surface area contributed by atoms with E-state index in [9.17, 15) is 0 Å². The Balaban J connectivity index is 2.29. The number of benzene rings is 1. The van der Waals surface area contributed by atoms with Crippen LogP contribution in [-0.2, 0) is 6.42 Å². The molecule has 0 saturated heterocycles. The number of allylic oxidation sites excluding steroid dienone is 2. The zero-order valence-electron chi connectivity index (χ0n) is 11.8. The molecule has 0 fully saturated rings. The van der Waals surface area contributed by atoms with Gasteiger partial charge in [0.1, 0.15) is 5.75 Å². The second kappa shape index (κ2) is 9.76. The molecule has 1 rings (SSSR count). The minimum Gasteiger partial charge on any atom is -0.494 e. The average Bonchev–Trinajstić information content (AvgIpc) is 2.40. The lowest BCUT2D eigenvalue weighted by atomic mass is 10.1. The molecule has 18 heavy (non-hydrogen) atoms. The third-order valence-corrected chi connectivity index (χ3v) is 2.93. The summed E-state index contributed by atoms with van der Waals surface area (Å²) in [7, 11) is 0. The summed E-state index contributed by atoms with van der Waals surface area (Å²) in [6.45, 7) is 5.23. The van der Waals surface area contributed by atoms with Crippen LogP contribution in [0.15, 0.2) is 36.4 Å². The minimum atomic E-state index is 0.826. The minimum absolute atomic E-state index is 0.826. The third-order valence-electron chi connectivity index (χ3n) is 2.93. The van der Waals surface area contributed by atoms with E-state index in [1.807, 2.05) is 0 Å². The van der Waals surface area contributed by atoms with Gasteiger partial charge >= 0.3 is 0 Å². The van der Waals surface area contributed by atoms with Crippen molar-refractivity contribution in [3.63, 3.8) is 0 Å². The maximum absolute atomic E-state index is 5.64. The second-order valence-electron chi connectivity index (χ2n) is 4.66. The number of rotatable bonds is 9. The van der Waals surface area contributed by atoms with Crippen molar-refractivity contribution in [1.29, 1.82) is 0 Å². The predicted octanol–water partition coefficient (Wildman–Crippen LogP) is 5.15. The molecule has 0 bridgehead atoms. The summed E-state index contributed by atoms with van der Waals surface area (Å²) in [6, 6.07) is 8.46. The van der Waals surface area contributed by atoms with Gasteiger partial charge < -0.3 is 4.74 Å². The van der Waals surface area contributed by atoms with Crippen molar-refractivity contribution in [3.05, 3.63) is 42.0 Å². The molecule has 0 unspecified atom stereocenters. The predicted molar refractivity (Wildman–Crippen MR) is 79.2 cm³/mol. The number of hydrogen-bond acceptors (Lipinski definition) is 1. The van der Waals surface area contributed by atoms with E-state index in [0.29, 0.717) is 0 Å². The highest BCUT2D eigenvalue weighted by Gasteiger charge is 1.94. The smallest absolute Gasteiger partial charge is 0.119 e. The van der Waals surface area contributed by atoms with E-state index < -0.39 is 0 Å². The monoisotopic (exact) mass is 246 g/mol. The molecule has 1 aromatic rings. The van der Waals surface area contributed by atoms with Crippen LogP contribution in [0.2, 0.25) is 0 Å². The van der Waals surface area contributed by atoms with Crippen molar-refractivity contribution >= 4 is 0 Å². The SMILES string of the molecule is CCCCC=CCc1ccc(OCCCC)cc1. The van der Waals surface area contributed by atoms with Crippen LogP contribution >= 0.6 is 0 Å². The van der Waals surface area contributed by atoms with Crippen LogP contribution < -0.4 is 4.74 Å². The molecule has 0 N–H and O–H groups in total. The Morgan fingerprint density at radius 3 is 2.33 bits per heavy atom. The first-order valence-corrected chi connectivity index (χ1v) is 7.23. The zero-order chi connectivity index (χ0) is 13.1. The molecule has 1 aromatic carbocycles. The molecule has 0 saturated carbocycles. The number of hydrogen-bond donors (Lipinski definition) is 0. The fourth-order valence-corrected chi connectivity index (χ4v) is 1.72. The zero-order valence-corrected chi connectivity index (χ0v) is 11.8. The summed E-state index contributed by atoms with van der Waals surface area (Å²) in [5, 5.41) is 0. The summed E-state index contributed by atoms with van der Waals surface area (Å²) in [5.41, 5.74) is 1.35. The van der Waals surface area contributed by atoms with Crippen molar-refractivity contribution in [2.75, 3.05) is 6.61 Å². The van der Waals surface area contributed by atoms with Gasteiger partial charge in [-0.05, 0) is 37.0 Å². The molecule has 0 aromatic heterocycles. The fourth-order valence-electron chi connectivity index (χ4n) is 1.72. The van der Waals surface area contributed by atoms with E-state index in [2.05, 4.69) is 50.3 Å². The van der Waals surface area contributed by atoms with Crippen molar-refractivity contribution in [2.24, 2.45) is 0 Å². The van der Waals surface area contributed by atoms with Crippen LogP contribution in [0.1, 0.15) is 51.5 Å². The molecule has 0 aliphatic rings. The van der Waals surface area contributed by atoms with Gasteiger partial charge in [-0.15, -0.1) is 0 Å². The van der Waals surface area contributed by atoms with Crippen molar-refractivity contribution in [3.8, 4) is 5.75 Å². The second-order valence-corrected chi connectivity index (χ2v) is 4.66. The summed E-state index contributed by atoms with van der Waals surface area (Å²) < 4.78 is 5.64. The first kappa shape index (κ1) is 14.8. The van der Waals surface area contributed by atoms with Gasteiger partial charge in [0.15, 0.2) is 0 Å². The normalized spacial score (nSPS) is 11.0. The number of unbranched alkanes of at least 4 members (excludes halogenated alkanes) is 3. The van der Waals surface area contributed by atoms with Crippen LogP contribution in [0.5, 0.6) is 5.75 Å². The first-order valence-electron chi connectivity index (χ1n) is 7.23. The highest BCUT2D eigenvalue weighted by atomic mass is 16.5. The van der Waals surface area contributed by atoms with Gasteiger partial charge in [-0.2, -0.15) is 0 Å². The first-order chi connectivity index (χ1) is 8.86. The molecule has 1 heteroatoms. The van der Waals surface area contributed by atoms with E-state index >= 15 is 0 Å². The standard InChI is InChI=1S/C17H26O/c1-3-5-7-8-9-10-16-11-13-17(14-12-16)18-15-6-4-2/h8-9,11-14H,3-7,10,15H2,1-2H3. The molecule has 0 aliphatic carbocycles. The molecule has 100 valence electrons. The lowest BCUT2D eigenvalue weighted by Gasteiger charge is -2.05. The average molecular weight is 246 g/mol. The van der Waals surface area contributed by atoms with Gasteiger partial charge in [0.2, 0.25) is 0 Å².